The summed E-state index contributed by atoms with van der Waals surface area (Å²) >= 11 is 0. The fourth-order valence-electron chi connectivity index (χ4n) is 8.26. The molecule has 3 N–H and O–H groups in total. The minimum atomic E-state index is -0.778. The van der Waals surface area contributed by atoms with Gasteiger partial charge in [-0.15, -0.1) is 0 Å². The van der Waals surface area contributed by atoms with Gasteiger partial charge >= 0.3 is 5.97 Å². The highest BCUT2D eigenvalue weighted by molar-refractivity contribution is 5.77. The molecule has 0 bridgehead atoms. The molecule has 340 valence electrons. The van der Waals surface area contributed by atoms with Crippen LogP contribution in [0.1, 0.15) is 290 Å². The Labute approximate surface area is 356 Å². The number of amides is 1. The van der Waals surface area contributed by atoms with Gasteiger partial charge in [0.25, 0.3) is 0 Å². The highest BCUT2D eigenvalue weighted by Gasteiger charge is 2.24. The minimum absolute atomic E-state index is 0.0876. The number of hydrogen-bond donors (Lipinski definition) is 3. The largest absolute Gasteiger partial charge is 0.462 e. The molecule has 1 amide bonds. The van der Waals surface area contributed by atoms with Crippen LogP contribution in [0.4, 0.5) is 0 Å². The summed E-state index contributed by atoms with van der Waals surface area (Å²) in [7, 11) is 0. The van der Waals surface area contributed by atoms with Crippen molar-refractivity contribution in [1.82, 2.24) is 5.32 Å². The Bertz CT molecular complexity index is 821. The number of ether oxygens (including phenoxy) is 1. The number of aliphatic hydroxyl groups is 2. The lowest BCUT2D eigenvalue weighted by atomic mass is 10.0. The maximum absolute atomic E-state index is 13.2. The molecule has 0 aliphatic carbocycles. The lowest BCUT2D eigenvalue weighted by Gasteiger charge is -2.24. The molecular formula is C51H101NO5. The first-order valence-corrected chi connectivity index (χ1v) is 25.8. The van der Waals surface area contributed by atoms with E-state index >= 15 is 0 Å². The number of carbonyl (C=O) groups excluding carboxylic acids is 2. The van der Waals surface area contributed by atoms with E-state index in [1.165, 1.54) is 205 Å². The summed E-state index contributed by atoms with van der Waals surface area (Å²) in [5.74, 6) is -0.451. The molecule has 0 radical (unpaired) electrons. The van der Waals surface area contributed by atoms with Crippen LogP contribution in [0.2, 0.25) is 0 Å². The molecular weight excluding hydrogens is 707 g/mol. The van der Waals surface area contributed by atoms with Gasteiger partial charge in [-0.05, 0) is 25.7 Å². The van der Waals surface area contributed by atoms with Crippen LogP contribution in [-0.2, 0) is 14.3 Å². The van der Waals surface area contributed by atoms with Crippen molar-refractivity contribution in [2.75, 3.05) is 6.61 Å². The van der Waals surface area contributed by atoms with Crippen LogP contribution in [0.25, 0.3) is 0 Å². The first-order chi connectivity index (χ1) is 28.0. The smallest absolute Gasteiger partial charge is 0.306 e. The van der Waals surface area contributed by atoms with Gasteiger partial charge in [0.2, 0.25) is 5.91 Å². The summed E-state index contributed by atoms with van der Waals surface area (Å²) in [4.78, 5) is 26.1. The molecule has 0 aromatic heterocycles. The quantitative estimate of drug-likeness (QED) is 0.0420. The molecule has 0 aliphatic heterocycles. The molecule has 0 spiro atoms. The Balaban J connectivity index is 4.50. The number of aliphatic hydroxyl groups excluding tert-OH is 2. The maximum atomic E-state index is 13.2. The van der Waals surface area contributed by atoms with E-state index < -0.39 is 18.2 Å². The van der Waals surface area contributed by atoms with E-state index in [1.54, 1.807) is 0 Å². The monoisotopic (exact) mass is 808 g/mol. The molecule has 0 saturated carbocycles. The van der Waals surface area contributed by atoms with Gasteiger partial charge in [-0.2, -0.15) is 0 Å². The van der Waals surface area contributed by atoms with Crippen molar-refractivity contribution in [2.45, 2.75) is 309 Å². The van der Waals surface area contributed by atoms with Gasteiger partial charge in [-0.1, -0.05) is 252 Å². The van der Waals surface area contributed by atoms with Crippen LogP contribution in [-0.4, -0.2) is 46.9 Å². The SMILES string of the molecule is CCCCCCCCCCCCCCCCC(=O)OC(CCCCCCCCCCCCCC)CC(=O)NC(CO)C(O)CCCCCCCCCCCCCC. The number of carbonyl (C=O) groups is 2. The van der Waals surface area contributed by atoms with Gasteiger partial charge in [-0.25, -0.2) is 0 Å². The van der Waals surface area contributed by atoms with Crippen molar-refractivity contribution in [3.8, 4) is 0 Å². The van der Waals surface area contributed by atoms with Crippen LogP contribution in [0.3, 0.4) is 0 Å². The molecule has 0 aromatic carbocycles. The van der Waals surface area contributed by atoms with Crippen LogP contribution in [0.5, 0.6) is 0 Å². The normalized spacial score (nSPS) is 13.1. The second kappa shape index (κ2) is 45.9. The fraction of sp³-hybridized carbons (Fsp3) is 0.961. The van der Waals surface area contributed by atoms with Crippen LogP contribution in [0, 0.1) is 0 Å². The lowest BCUT2D eigenvalue weighted by Crippen LogP contribution is -2.46. The van der Waals surface area contributed by atoms with E-state index in [2.05, 4.69) is 26.1 Å². The predicted octanol–water partition coefficient (Wildman–Crippen LogP) is 15.2. The Hall–Kier alpha value is -1.14. The van der Waals surface area contributed by atoms with E-state index in [0.29, 0.717) is 19.3 Å². The Kier molecular flexibility index (Phi) is 45.0. The molecule has 0 rings (SSSR count). The molecule has 6 nitrogen and oxygen atoms in total. The zero-order valence-electron chi connectivity index (χ0n) is 38.8. The standard InChI is InChI=1S/C51H101NO5/c1-4-7-10-13-16-19-22-25-26-29-32-35-38-41-44-51(56)57-47(42-39-36-33-30-27-23-20-17-14-11-8-5-2)45-50(55)52-48(46-53)49(54)43-40-37-34-31-28-24-21-18-15-12-9-6-3/h47-49,53-54H,4-46H2,1-3H3,(H,52,55). The molecule has 3 unspecified atom stereocenters. The third-order valence-electron chi connectivity index (χ3n) is 12.2. The summed E-state index contributed by atoms with van der Waals surface area (Å²) in [6.07, 6.45) is 48.7. The Morgan fingerprint density at radius 3 is 1.07 bits per heavy atom. The molecule has 57 heavy (non-hydrogen) atoms. The van der Waals surface area contributed by atoms with E-state index in [9.17, 15) is 19.8 Å². The highest BCUT2D eigenvalue weighted by atomic mass is 16.5. The average Bonchev–Trinajstić information content (AvgIpc) is 3.20. The molecule has 0 aromatic rings. The number of rotatable bonds is 47. The van der Waals surface area contributed by atoms with E-state index in [0.717, 1.165) is 38.5 Å². The zero-order valence-corrected chi connectivity index (χ0v) is 38.8. The second-order valence-electron chi connectivity index (χ2n) is 17.9. The van der Waals surface area contributed by atoms with Crippen molar-refractivity contribution in [3.63, 3.8) is 0 Å². The predicted molar refractivity (Wildman–Crippen MR) is 246 cm³/mol. The minimum Gasteiger partial charge on any atom is -0.462 e. The average molecular weight is 808 g/mol. The fourth-order valence-corrected chi connectivity index (χ4v) is 8.26. The van der Waals surface area contributed by atoms with Crippen molar-refractivity contribution < 1.29 is 24.5 Å². The van der Waals surface area contributed by atoms with Gasteiger partial charge < -0.3 is 20.3 Å². The number of nitrogens with one attached hydrogen (secondary N) is 1. The zero-order chi connectivity index (χ0) is 41.7. The van der Waals surface area contributed by atoms with Gasteiger partial charge in [0.15, 0.2) is 0 Å². The lowest BCUT2D eigenvalue weighted by molar-refractivity contribution is -0.151. The Morgan fingerprint density at radius 1 is 0.439 bits per heavy atom. The second-order valence-corrected chi connectivity index (χ2v) is 17.9. The summed E-state index contributed by atoms with van der Waals surface area (Å²) in [6, 6.07) is -0.691. The van der Waals surface area contributed by atoms with Gasteiger partial charge in [0.1, 0.15) is 6.10 Å². The molecule has 0 heterocycles. The highest BCUT2D eigenvalue weighted by Crippen LogP contribution is 2.19. The topological polar surface area (TPSA) is 95.9 Å². The number of esters is 1. The first kappa shape index (κ1) is 55.9. The van der Waals surface area contributed by atoms with Gasteiger partial charge in [0, 0.05) is 6.42 Å². The summed E-state index contributed by atoms with van der Waals surface area (Å²) in [6.45, 7) is 6.50. The molecule has 0 aliphatic rings. The summed E-state index contributed by atoms with van der Waals surface area (Å²) in [5.41, 5.74) is 0. The summed E-state index contributed by atoms with van der Waals surface area (Å²) in [5, 5.41) is 23.7. The van der Waals surface area contributed by atoms with E-state index in [4.69, 9.17) is 4.74 Å². The van der Waals surface area contributed by atoms with Crippen molar-refractivity contribution in [3.05, 3.63) is 0 Å². The maximum Gasteiger partial charge on any atom is 0.306 e. The van der Waals surface area contributed by atoms with Gasteiger partial charge in [-0.3, -0.25) is 9.59 Å². The van der Waals surface area contributed by atoms with E-state index in [-0.39, 0.29) is 24.9 Å². The Morgan fingerprint density at radius 2 is 0.737 bits per heavy atom. The number of hydrogen-bond acceptors (Lipinski definition) is 5. The summed E-state index contributed by atoms with van der Waals surface area (Å²) < 4.78 is 5.93. The van der Waals surface area contributed by atoms with Crippen molar-refractivity contribution in [2.24, 2.45) is 0 Å². The van der Waals surface area contributed by atoms with Crippen LogP contribution >= 0.6 is 0 Å². The van der Waals surface area contributed by atoms with E-state index in [1.807, 2.05) is 0 Å². The molecule has 0 fully saturated rings. The van der Waals surface area contributed by atoms with Crippen molar-refractivity contribution >= 4 is 11.9 Å². The van der Waals surface area contributed by atoms with Crippen LogP contribution in [0.15, 0.2) is 0 Å². The third kappa shape index (κ3) is 41.4. The first-order valence-electron chi connectivity index (χ1n) is 25.8. The molecule has 3 atom stereocenters. The van der Waals surface area contributed by atoms with Crippen LogP contribution < -0.4 is 5.32 Å². The van der Waals surface area contributed by atoms with Gasteiger partial charge in [0.05, 0.1) is 25.2 Å². The number of unbranched alkanes of at least 4 members (excludes halogenated alkanes) is 35. The molecule has 0 saturated heterocycles. The third-order valence-corrected chi connectivity index (χ3v) is 12.2. The van der Waals surface area contributed by atoms with Crippen molar-refractivity contribution in [1.29, 1.82) is 0 Å². The molecule has 6 heteroatoms.